The van der Waals surface area contributed by atoms with Crippen molar-refractivity contribution in [2.45, 2.75) is 0 Å². The van der Waals surface area contributed by atoms with Crippen LogP contribution in [0.1, 0.15) is 0 Å². The molecule has 0 radical (unpaired) electrons. The van der Waals surface area contributed by atoms with E-state index in [9.17, 15) is 0 Å². The van der Waals surface area contributed by atoms with Crippen LogP contribution in [-0.4, -0.2) is 23.3 Å². The SMILES string of the molecule is S=C(Nc1ccc2c(c1)OCCO2)Nc1ccccn1. The standard InChI is InChI=1S/C14H13N3O2S/c20-14(17-13-3-1-2-6-15-13)16-10-4-5-11-12(9-10)19-8-7-18-11/h1-6,9H,7-8H2,(H2,15,16,17,20). The number of ether oxygens (including phenoxy) is 2. The lowest BCUT2D eigenvalue weighted by Gasteiger charge is -2.19. The maximum Gasteiger partial charge on any atom is 0.176 e. The average Bonchev–Trinajstić information content (AvgIpc) is 2.48. The van der Waals surface area contributed by atoms with Gasteiger partial charge in [-0.15, -0.1) is 0 Å². The first-order chi connectivity index (χ1) is 9.81. The van der Waals surface area contributed by atoms with Gasteiger partial charge in [0.25, 0.3) is 0 Å². The summed E-state index contributed by atoms with van der Waals surface area (Å²) in [6, 6.07) is 11.2. The van der Waals surface area contributed by atoms with Gasteiger partial charge in [-0.3, -0.25) is 0 Å². The van der Waals surface area contributed by atoms with Crippen LogP contribution in [0.25, 0.3) is 0 Å². The number of aromatic nitrogens is 1. The number of benzene rings is 1. The largest absolute Gasteiger partial charge is 0.486 e. The highest BCUT2D eigenvalue weighted by Gasteiger charge is 2.12. The molecular weight excluding hydrogens is 274 g/mol. The number of pyridine rings is 1. The van der Waals surface area contributed by atoms with E-state index in [1.807, 2.05) is 36.4 Å². The normalized spacial score (nSPS) is 12.6. The van der Waals surface area contributed by atoms with Crippen LogP contribution >= 0.6 is 12.2 Å². The molecule has 1 aliphatic rings. The Hall–Kier alpha value is -2.34. The molecule has 0 unspecified atom stereocenters. The van der Waals surface area contributed by atoms with Gasteiger partial charge in [-0.05, 0) is 36.5 Å². The number of nitrogens with zero attached hydrogens (tertiary/aromatic N) is 1. The van der Waals surface area contributed by atoms with E-state index in [-0.39, 0.29) is 0 Å². The third-order valence-corrected chi connectivity index (χ3v) is 2.91. The summed E-state index contributed by atoms with van der Waals surface area (Å²) in [5, 5.41) is 6.57. The maximum absolute atomic E-state index is 5.52. The van der Waals surface area contributed by atoms with Gasteiger partial charge in [0.1, 0.15) is 19.0 Å². The third kappa shape index (κ3) is 2.97. The third-order valence-electron chi connectivity index (χ3n) is 2.71. The second-order valence-electron chi connectivity index (χ2n) is 4.15. The molecule has 0 saturated carbocycles. The first-order valence-corrected chi connectivity index (χ1v) is 6.61. The number of fused-ring (bicyclic) bond motifs is 1. The lowest BCUT2D eigenvalue weighted by atomic mass is 10.2. The van der Waals surface area contributed by atoms with E-state index < -0.39 is 0 Å². The van der Waals surface area contributed by atoms with Crippen molar-refractivity contribution in [3.8, 4) is 11.5 Å². The molecule has 1 aromatic heterocycles. The highest BCUT2D eigenvalue weighted by atomic mass is 32.1. The molecule has 0 saturated heterocycles. The van der Waals surface area contributed by atoms with Crippen molar-refractivity contribution in [2.24, 2.45) is 0 Å². The fourth-order valence-corrected chi connectivity index (χ4v) is 2.06. The molecular formula is C14H13N3O2S. The molecule has 0 fully saturated rings. The van der Waals surface area contributed by atoms with Crippen LogP contribution in [0.5, 0.6) is 11.5 Å². The van der Waals surface area contributed by atoms with Gasteiger partial charge in [0.05, 0.1) is 0 Å². The molecule has 0 aliphatic carbocycles. The van der Waals surface area contributed by atoms with Crippen LogP contribution in [0.15, 0.2) is 42.6 Å². The van der Waals surface area contributed by atoms with Crippen molar-refractivity contribution in [1.82, 2.24) is 4.98 Å². The molecule has 2 N–H and O–H groups in total. The fourth-order valence-electron chi connectivity index (χ4n) is 1.84. The molecule has 0 spiro atoms. The van der Waals surface area contributed by atoms with Crippen molar-refractivity contribution < 1.29 is 9.47 Å². The number of thiocarbonyl (C=S) groups is 1. The van der Waals surface area contributed by atoms with Crippen molar-refractivity contribution in [3.63, 3.8) is 0 Å². The van der Waals surface area contributed by atoms with E-state index >= 15 is 0 Å². The first kappa shape index (κ1) is 12.7. The van der Waals surface area contributed by atoms with Gasteiger partial charge in [0, 0.05) is 18.0 Å². The highest BCUT2D eigenvalue weighted by Crippen LogP contribution is 2.32. The molecule has 0 bridgehead atoms. The molecule has 0 amide bonds. The van der Waals surface area contributed by atoms with Crippen LogP contribution in [0.4, 0.5) is 11.5 Å². The summed E-state index contributed by atoms with van der Waals surface area (Å²) < 4.78 is 11.0. The van der Waals surface area contributed by atoms with Crippen LogP contribution in [0.2, 0.25) is 0 Å². The number of nitrogens with one attached hydrogen (secondary N) is 2. The zero-order chi connectivity index (χ0) is 13.8. The van der Waals surface area contributed by atoms with Crippen LogP contribution in [0, 0.1) is 0 Å². The number of rotatable bonds is 2. The molecule has 1 aromatic carbocycles. The lowest BCUT2D eigenvalue weighted by Crippen LogP contribution is -2.20. The van der Waals surface area contributed by atoms with Crippen molar-refractivity contribution in [1.29, 1.82) is 0 Å². The average molecular weight is 287 g/mol. The summed E-state index contributed by atoms with van der Waals surface area (Å²) >= 11 is 5.24. The topological polar surface area (TPSA) is 55.4 Å². The summed E-state index contributed by atoms with van der Waals surface area (Å²) in [7, 11) is 0. The quantitative estimate of drug-likeness (QED) is 0.828. The Morgan fingerprint density at radius 2 is 1.90 bits per heavy atom. The Kier molecular flexibility index (Phi) is 3.64. The molecule has 3 rings (SSSR count). The lowest BCUT2D eigenvalue weighted by molar-refractivity contribution is 0.171. The van der Waals surface area contributed by atoms with Crippen LogP contribution in [-0.2, 0) is 0 Å². The van der Waals surface area contributed by atoms with Gasteiger partial charge >= 0.3 is 0 Å². The number of hydrogen-bond donors (Lipinski definition) is 2. The summed E-state index contributed by atoms with van der Waals surface area (Å²) in [4.78, 5) is 4.15. The van der Waals surface area contributed by atoms with Gasteiger partial charge in [-0.1, -0.05) is 6.07 Å². The molecule has 20 heavy (non-hydrogen) atoms. The van der Waals surface area contributed by atoms with Gasteiger partial charge in [0.15, 0.2) is 16.6 Å². The minimum absolute atomic E-state index is 0.473. The van der Waals surface area contributed by atoms with E-state index in [0.717, 1.165) is 17.2 Å². The number of anilines is 2. The van der Waals surface area contributed by atoms with E-state index in [4.69, 9.17) is 21.7 Å². The molecule has 2 aromatic rings. The van der Waals surface area contributed by atoms with E-state index in [2.05, 4.69) is 15.6 Å². The number of hydrogen-bond acceptors (Lipinski definition) is 4. The van der Waals surface area contributed by atoms with E-state index in [0.29, 0.717) is 24.1 Å². The summed E-state index contributed by atoms with van der Waals surface area (Å²) in [5.41, 5.74) is 0.836. The minimum atomic E-state index is 0.473. The van der Waals surface area contributed by atoms with Gasteiger partial charge < -0.3 is 20.1 Å². The van der Waals surface area contributed by atoms with Gasteiger partial charge in [-0.25, -0.2) is 4.98 Å². The molecule has 5 nitrogen and oxygen atoms in total. The molecule has 6 heteroatoms. The van der Waals surface area contributed by atoms with Crippen LogP contribution in [0.3, 0.4) is 0 Å². The van der Waals surface area contributed by atoms with Gasteiger partial charge in [0.2, 0.25) is 0 Å². The monoisotopic (exact) mass is 287 g/mol. The van der Waals surface area contributed by atoms with Gasteiger partial charge in [-0.2, -0.15) is 0 Å². The molecule has 1 aliphatic heterocycles. The smallest absolute Gasteiger partial charge is 0.176 e. The zero-order valence-corrected chi connectivity index (χ0v) is 11.4. The molecule has 2 heterocycles. The predicted octanol–water partition coefficient (Wildman–Crippen LogP) is 2.66. The van der Waals surface area contributed by atoms with Crippen molar-refractivity contribution in [3.05, 3.63) is 42.6 Å². The second kappa shape index (κ2) is 5.75. The first-order valence-electron chi connectivity index (χ1n) is 6.20. The Labute approximate surface area is 121 Å². The van der Waals surface area contributed by atoms with Crippen molar-refractivity contribution in [2.75, 3.05) is 23.8 Å². The molecule has 0 atom stereocenters. The summed E-state index contributed by atoms with van der Waals surface area (Å²) in [5.74, 6) is 2.18. The predicted molar refractivity (Wildman–Crippen MR) is 81.5 cm³/mol. The Morgan fingerprint density at radius 1 is 1.05 bits per heavy atom. The summed E-state index contributed by atoms with van der Waals surface area (Å²) in [6.07, 6.45) is 1.70. The highest BCUT2D eigenvalue weighted by molar-refractivity contribution is 7.80. The second-order valence-corrected chi connectivity index (χ2v) is 4.56. The summed E-state index contributed by atoms with van der Waals surface area (Å²) in [6.45, 7) is 1.15. The fraction of sp³-hybridized carbons (Fsp3) is 0.143. The Bertz CT molecular complexity index is 619. The minimum Gasteiger partial charge on any atom is -0.486 e. The van der Waals surface area contributed by atoms with E-state index in [1.165, 1.54) is 0 Å². The molecule has 102 valence electrons. The van der Waals surface area contributed by atoms with E-state index in [1.54, 1.807) is 6.20 Å². The Morgan fingerprint density at radius 3 is 2.70 bits per heavy atom. The van der Waals surface area contributed by atoms with Crippen molar-refractivity contribution >= 4 is 28.8 Å². The zero-order valence-electron chi connectivity index (χ0n) is 10.6. The Balaban J connectivity index is 1.67. The van der Waals surface area contributed by atoms with Crippen LogP contribution < -0.4 is 20.1 Å². The maximum atomic E-state index is 5.52.